The van der Waals surface area contributed by atoms with Crippen LogP contribution in [0.4, 0.5) is 0 Å². The first kappa shape index (κ1) is 8.22. The average Bonchev–Trinajstić information content (AvgIpc) is 2.72. The van der Waals surface area contributed by atoms with Crippen LogP contribution in [0.3, 0.4) is 0 Å². The Balaban J connectivity index is 2.12. The lowest BCUT2D eigenvalue weighted by Crippen LogP contribution is -2.28. The van der Waals surface area contributed by atoms with Crippen LogP contribution in [-0.4, -0.2) is 38.9 Å². The van der Waals surface area contributed by atoms with Crippen molar-refractivity contribution in [2.45, 2.75) is 12.8 Å². The second-order valence-electron chi connectivity index (χ2n) is 3.22. The van der Waals surface area contributed by atoms with E-state index in [-0.39, 0.29) is 5.91 Å². The molecule has 0 unspecified atom stereocenters. The van der Waals surface area contributed by atoms with E-state index in [9.17, 15) is 4.79 Å². The molecule has 0 saturated carbocycles. The Morgan fingerprint density at radius 2 is 2.15 bits per heavy atom. The summed E-state index contributed by atoms with van der Waals surface area (Å²) in [6.45, 7) is 1.71. The van der Waals surface area contributed by atoms with Gasteiger partial charge in [-0.15, -0.1) is 5.10 Å². The lowest BCUT2D eigenvalue weighted by atomic mass is 10.4. The Morgan fingerprint density at radius 3 is 2.69 bits per heavy atom. The Hall–Kier alpha value is -1.39. The summed E-state index contributed by atoms with van der Waals surface area (Å²) in [4.78, 5) is 14.9. The van der Waals surface area contributed by atoms with Crippen LogP contribution in [-0.2, 0) is 7.05 Å². The van der Waals surface area contributed by atoms with Crippen LogP contribution in [0.15, 0.2) is 6.20 Å². The van der Waals surface area contributed by atoms with Crippen LogP contribution in [0.2, 0.25) is 0 Å². The van der Waals surface area contributed by atoms with E-state index in [0.29, 0.717) is 5.69 Å². The Bertz CT molecular complexity index is 314. The van der Waals surface area contributed by atoms with E-state index < -0.39 is 0 Å². The summed E-state index contributed by atoms with van der Waals surface area (Å²) < 4.78 is 0. The molecule has 0 spiro atoms. The van der Waals surface area contributed by atoms with Gasteiger partial charge in [0.25, 0.3) is 5.91 Å². The first-order chi connectivity index (χ1) is 6.27. The van der Waals surface area contributed by atoms with Gasteiger partial charge in [-0.2, -0.15) is 9.90 Å². The van der Waals surface area contributed by atoms with E-state index in [2.05, 4.69) is 10.2 Å². The van der Waals surface area contributed by atoms with Gasteiger partial charge >= 0.3 is 0 Å². The van der Waals surface area contributed by atoms with Gasteiger partial charge in [0.2, 0.25) is 0 Å². The molecule has 13 heavy (non-hydrogen) atoms. The molecule has 70 valence electrons. The molecular weight excluding hydrogens is 168 g/mol. The lowest BCUT2D eigenvalue weighted by Gasteiger charge is -2.12. The highest BCUT2D eigenvalue weighted by Crippen LogP contribution is 2.10. The number of hydrogen-bond donors (Lipinski definition) is 0. The van der Waals surface area contributed by atoms with E-state index in [1.54, 1.807) is 7.05 Å². The zero-order valence-electron chi connectivity index (χ0n) is 7.60. The van der Waals surface area contributed by atoms with Crippen molar-refractivity contribution in [2.24, 2.45) is 7.05 Å². The van der Waals surface area contributed by atoms with E-state index in [1.807, 2.05) is 4.90 Å². The maximum Gasteiger partial charge on any atom is 0.276 e. The van der Waals surface area contributed by atoms with Crippen LogP contribution in [0.25, 0.3) is 0 Å². The Morgan fingerprint density at radius 1 is 1.46 bits per heavy atom. The van der Waals surface area contributed by atoms with E-state index in [1.165, 1.54) is 11.0 Å². The summed E-state index contributed by atoms with van der Waals surface area (Å²) in [5.74, 6) is 0.00519. The number of hydrogen-bond acceptors (Lipinski definition) is 3. The molecular formula is C8H12N4O. The molecule has 1 fully saturated rings. The third kappa shape index (κ3) is 1.54. The first-order valence-electron chi connectivity index (χ1n) is 4.43. The largest absolute Gasteiger partial charge is 0.337 e. The normalized spacial score (nSPS) is 16.5. The number of aryl methyl sites for hydroxylation is 1. The van der Waals surface area contributed by atoms with E-state index in [0.717, 1.165) is 25.9 Å². The molecule has 5 nitrogen and oxygen atoms in total. The second kappa shape index (κ2) is 3.16. The molecule has 1 amide bonds. The number of amides is 1. The maximum atomic E-state index is 11.7. The van der Waals surface area contributed by atoms with Gasteiger partial charge in [0, 0.05) is 20.1 Å². The number of likely N-dealkylation sites (tertiary alicyclic amines) is 1. The summed E-state index contributed by atoms with van der Waals surface area (Å²) in [5, 5.41) is 7.84. The first-order valence-corrected chi connectivity index (χ1v) is 4.43. The number of rotatable bonds is 1. The molecule has 2 rings (SSSR count). The highest BCUT2D eigenvalue weighted by molar-refractivity contribution is 5.92. The summed E-state index contributed by atoms with van der Waals surface area (Å²) >= 11 is 0. The zero-order valence-corrected chi connectivity index (χ0v) is 7.60. The van der Waals surface area contributed by atoms with Crippen molar-refractivity contribution in [1.29, 1.82) is 0 Å². The molecule has 1 aliphatic rings. The van der Waals surface area contributed by atoms with Crippen LogP contribution in [0, 0.1) is 0 Å². The lowest BCUT2D eigenvalue weighted by molar-refractivity contribution is 0.0786. The Kier molecular flexibility index (Phi) is 2.00. The molecule has 0 aliphatic carbocycles. The molecule has 0 N–H and O–H groups in total. The van der Waals surface area contributed by atoms with Gasteiger partial charge in [0.05, 0.1) is 6.20 Å². The van der Waals surface area contributed by atoms with Crippen molar-refractivity contribution in [3.63, 3.8) is 0 Å². The zero-order chi connectivity index (χ0) is 9.26. The molecule has 1 aromatic heterocycles. The number of carbonyl (C=O) groups is 1. The third-order valence-electron chi connectivity index (χ3n) is 2.21. The minimum absolute atomic E-state index is 0.00519. The molecule has 0 aromatic carbocycles. The van der Waals surface area contributed by atoms with Gasteiger partial charge in [-0.05, 0) is 12.8 Å². The molecule has 0 radical (unpaired) electrons. The van der Waals surface area contributed by atoms with Gasteiger partial charge < -0.3 is 4.90 Å². The predicted molar refractivity (Wildman–Crippen MR) is 46.1 cm³/mol. The van der Waals surface area contributed by atoms with Crippen molar-refractivity contribution >= 4 is 5.91 Å². The fraction of sp³-hybridized carbons (Fsp3) is 0.625. The van der Waals surface area contributed by atoms with Gasteiger partial charge in [-0.1, -0.05) is 0 Å². The molecule has 2 heterocycles. The smallest absolute Gasteiger partial charge is 0.276 e. The van der Waals surface area contributed by atoms with Crippen LogP contribution < -0.4 is 0 Å². The monoisotopic (exact) mass is 180 g/mol. The van der Waals surface area contributed by atoms with Crippen molar-refractivity contribution in [3.8, 4) is 0 Å². The second-order valence-corrected chi connectivity index (χ2v) is 3.22. The van der Waals surface area contributed by atoms with Crippen molar-refractivity contribution in [3.05, 3.63) is 11.9 Å². The highest BCUT2D eigenvalue weighted by atomic mass is 16.2. The minimum atomic E-state index is 0.00519. The van der Waals surface area contributed by atoms with Crippen LogP contribution in [0.5, 0.6) is 0 Å². The highest BCUT2D eigenvalue weighted by Gasteiger charge is 2.21. The average molecular weight is 180 g/mol. The summed E-state index contributed by atoms with van der Waals surface area (Å²) in [7, 11) is 1.71. The fourth-order valence-electron chi connectivity index (χ4n) is 1.53. The number of carbonyl (C=O) groups excluding carboxylic acids is 1. The third-order valence-corrected chi connectivity index (χ3v) is 2.21. The molecule has 1 aromatic rings. The summed E-state index contributed by atoms with van der Waals surface area (Å²) in [6.07, 6.45) is 3.72. The number of nitrogens with zero attached hydrogens (tertiary/aromatic N) is 4. The van der Waals surface area contributed by atoms with Gasteiger partial charge in [0.1, 0.15) is 0 Å². The Labute approximate surface area is 76.3 Å². The van der Waals surface area contributed by atoms with Gasteiger partial charge in [-0.3, -0.25) is 4.79 Å². The van der Waals surface area contributed by atoms with Crippen LogP contribution >= 0.6 is 0 Å². The SMILES string of the molecule is Cn1ncc(C(=O)N2CCCC2)n1. The van der Waals surface area contributed by atoms with Gasteiger partial charge in [0.15, 0.2) is 5.69 Å². The molecule has 0 bridgehead atoms. The topological polar surface area (TPSA) is 51.0 Å². The maximum absolute atomic E-state index is 11.7. The van der Waals surface area contributed by atoms with Gasteiger partial charge in [-0.25, -0.2) is 0 Å². The minimum Gasteiger partial charge on any atom is -0.337 e. The van der Waals surface area contributed by atoms with Crippen molar-refractivity contribution in [1.82, 2.24) is 19.9 Å². The van der Waals surface area contributed by atoms with Crippen LogP contribution in [0.1, 0.15) is 23.3 Å². The van der Waals surface area contributed by atoms with E-state index in [4.69, 9.17) is 0 Å². The van der Waals surface area contributed by atoms with Crippen molar-refractivity contribution < 1.29 is 4.79 Å². The molecule has 1 aliphatic heterocycles. The predicted octanol–water partition coefficient (Wildman–Crippen LogP) is 0.0511. The number of aromatic nitrogens is 3. The van der Waals surface area contributed by atoms with E-state index >= 15 is 0 Å². The quantitative estimate of drug-likeness (QED) is 0.613. The fourth-order valence-corrected chi connectivity index (χ4v) is 1.53. The summed E-state index contributed by atoms with van der Waals surface area (Å²) in [5.41, 5.74) is 0.449. The standard InChI is InChI=1S/C8H12N4O/c1-11-9-6-7(10-11)8(13)12-4-2-3-5-12/h6H,2-5H2,1H3. The molecule has 5 heteroatoms. The molecule has 0 atom stereocenters. The summed E-state index contributed by atoms with van der Waals surface area (Å²) in [6, 6.07) is 0. The van der Waals surface area contributed by atoms with Crippen molar-refractivity contribution in [2.75, 3.05) is 13.1 Å². The molecule has 1 saturated heterocycles.